The molecular weight excluding hydrogens is 304 g/mol. The maximum Gasteiger partial charge on any atom is 0.336 e. The van der Waals surface area contributed by atoms with Crippen LogP contribution in [-0.2, 0) is 0 Å². The number of hydrogen-bond donors (Lipinski definition) is 2. The molecule has 3 rings (SSSR count). The van der Waals surface area contributed by atoms with Crippen LogP contribution in [0.2, 0.25) is 0 Å². The first-order valence-electron chi connectivity index (χ1n) is 8.18. The fourth-order valence-electron chi connectivity index (χ4n) is 3.04. The number of hydrogen-bond acceptors (Lipinski definition) is 2. The van der Waals surface area contributed by atoms with Crippen LogP contribution in [0.15, 0.2) is 48.8 Å². The number of benzene rings is 1. The van der Waals surface area contributed by atoms with Crippen molar-refractivity contribution in [2.45, 2.75) is 25.8 Å². The second kappa shape index (κ2) is 7.21. The summed E-state index contributed by atoms with van der Waals surface area (Å²) in [5.41, 5.74) is 6.43. The lowest BCUT2D eigenvalue weighted by atomic mass is 10.1. The number of rotatable bonds is 2. The third kappa shape index (κ3) is 3.59. The molecule has 0 aliphatic carbocycles. The Bertz CT molecular complexity index is 704. The second-order valence-electron chi connectivity index (χ2n) is 6.05. The van der Waals surface area contributed by atoms with Gasteiger partial charge in [-0.2, -0.15) is 0 Å². The van der Waals surface area contributed by atoms with Crippen molar-refractivity contribution in [2.75, 3.05) is 13.1 Å². The Morgan fingerprint density at radius 1 is 1.00 bits per heavy atom. The number of piperidine rings is 1. The number of nitrogens with one attached hydrogen (secondary N) is 2. The van der Waals surface area contributed by atoms with Crippen molar-refractivity contribution in [1.29, 1.82) is 0 Å². The van der Waals surface area contributed by atoms with Gasteiger partial charge < -0.3 is 9.47 Å². The van der Waals surface area contributed by atoms with E-state index in [0.717, 1.165) is 18.4 Å². The summed E-state index contributed by atoms with van der Waals surface area (Å²) in [5.74, 6) is -0.302. The van der Waals surface area contributed by atoms with Gasteiger partial charge in [0.1, 0.15) is 0 Å². The minimum atomic E-state index is -0.302. The van der Waals surface area contributed by atoms with Gasteiger partial charge in [-0.1, -0.05) is 18.2 Å². The Balaban J connectivity index is 1.48. The zero-order valence-corrected chi connectivity index (χ0v) is 13.7. The largest absolute Gasteiger partial charge is 0.351 e. The van der Waals surface area contributed by atoms with Gasteiger partial charge in [-0.3, -0.25) is 10.2 Å². The van der Waals surface area contributed by atoms with Gasteiger partial charge in [0, 0.05) is 37.1 Å². The molecule has 1 aliphatic heterocycles. The fraction of sp³-hybridized carbons (Fsp3) is 0.333. The molecule has 1 aliphatic rings. The first-order valence-corrected chi connectivity index (χ1v) is 8.18. The molecule has 0 saturated carbocycles. The monoisotopic (exact) mass is 326 g/mol. The van der Waals surface area contributed by atoms with Crippen molar-refractivity contribution in [3.05, 3.63) is 59.9 Å². The van der Waals surface area contributed by atoms with E-state index in [-0.39, 0.29) is 11.9 Å². The zero-order valence-electron chi connectivity index (χ0n) is 13.7. The lowest BCUT2D eigenvalue weighted by Gasteiger charge is -2.32. The van der Waals surface area contributed by atoms with Crippen LogP contribution in [0.5, 0.6) is 0 Å². The molecule has 6 nitrogen and oxygen atoms in total. The van der Waals surface area contributed by atoms with Crippen LogP contribution in [0.25, 0.3) is 0 Å². The van der Waals surface area contributed by atoms with Crippen molar-refractivity contribution in [1.82, 2.24) is 20.3 Å². The first-order chi connectivity index (χ1) is 11.6. The maximum atomic E-state index is 12.2. The van der Waals surface area contributed by atoms with Gasteiger partial charge in [0.2, 0.25) is 0 Å². The number of aromatic nitrogens is 1. The van der Waals surface area contributed by atoms with E-state index in [1.165, 1.54) is 0 Å². The van der Waals surface area contributed by atoms with Gasteiger partial charge in [0.05, 0.1) is 0 Å². The van der Waals surface area contributed by atoms with E-state index < -0.39 is 0 Å². The van der Waals surface area contributed by atoms with Crippen molar-refractivity contribution in [3.8, 4) is 0 Å². The quantitative estimate of drug-likeness (QED) is 0.833. The molecule has 1 fully saturated rings. The summed E-state index contributed by atoms with van der Waals surface area (Å²) < 4.78 is 2.19. The van der Waals surface area contributed by atoms with Gasteiger partial charge in [-0.05, 0) is 43.5 Å². The van der Waals surface area contributed by atoms with Crippen LogP contribution >= 0.6 is 0 Å². The summed E-state index contributed by atoms with van der Waals surface area (Å²) in [6, 6.07) is 11.5. The summed E-state index contributed by atoms with van der Waals surface area (Å²) in [5, 5.41) is 0. The van der Waals surface area contributed by atoms with Crippen molar-refractivity contribution in [2.24, 2.45) is 0 Å². The minimum absolute atomic E-state index is 0.261. The molecule has 6 heteroatoms. The third-order valence-corrected chi connectivity index (χ3v) is 4.47. The highest BCUT2D eigenvalue weighted by molar-refractivity contribution is 5.96. The van der Waals surface area contributed by atoms with Gasteiger partial charge in [0.15, 0.2) is 0 Å². The van der Waals surface area contributed by atoms with E-state index in [1.807, 2.05) is 31.2 Å². The van der Waals surface area contributed by atoms with Crippen LogP contribution < -0.4 is 10.9 Å². The highest BCUT2D eigenvalue weighted by Gasteiger charge is 2.23. The number of aryl methyl sites for hydroxylation is 1. The molecule has 3 amide bonds. The second-order valence-corrected chi connectivity index (χ2v) is 6.05. The number of hydrazine groups is 1. The average Bonchev–Trinajstić information content (AvgIpc) is 3.14. The van der Waals surface area contributed by atoms with Gasteiger partial charge in [0.25, 0.3) is 5.91 Å². The Morgan fingerprint density at radius 3 is 2.33 bits per heavy atom. The highest BCUT2D eigenvalue weighted by Crippen LogP contribution is 2.22. The van der Waals surface area contributed by atoms with Crippen LogP contribution in [0.3, 0.4) is 0 Å². The Morgan fingerprint density at radius 2 is 1.67 bits per heavy atom. The predicted octanol–water partition coefficient (Wildman–Crippen LogP) is 2.49. The molecule has 1 aromatic carbocycles. The molecule has 1 aromatic heterocycles. The number of likely N-dealkylation sites (tertiary alicyclic amines) is 1. The minimum Gasteiger partial charge on any atom is -0.351 e. The van der Waals surface area contributed by atoms with Gasteiger partial charge >= 0.3 is 6.03 Å². The fourth-order valence-corrected chi connectivity index (χ4v) is 3.04. The zero-order chi connectivity index (χ0) is 16.9. The molecule has 0 atom stereocenters. The summed E-state index contributed by atoms with van der Waals surface area (Å²) in [6.07, 6.45) is 5.94. The van der Waals surface area contributed by atoms with E-state index in [9.17, 15) is 9.59 Å². The summed E-state index contributed by atoms with van der Waals surface area (Å²) in [7, 11) is 0. The van der Waals surface area contributed by atoms with Crippen molar-refractivity contribution < 1.29 is 9.59 Å². The average molecular weight is 326 g/mol. The van der Waals surface area contributed by atoms with Crippen LogP contribution in [-0.4, -0.2) is 34.5 Å². The van der Waals surface area contributed by atoms with Crippen molar-refractivity contribution >= 4 is 11.9 Å². The maximum absolute atomic E-state index is 12.2. The van der Waals surface area contributed by atoms with Crippen LogP contribution in [0.1, 0.15) is 34.8 Å². The molecule has 0 bridgehead atoms. The van der Waals surface area contributed by atoms with Crippen LogP contribution in [0, 0.1) is 6.92 Å². The van der Waals surface area contributed by atoms with Crippen LogP contribution in [0.4, 0.5) is 4.79 Å². The number of carbonyl (C=O) groups is 2. The standard InChI is InChI=1S/C18H22N4O2/c1-14-6-2-3-7-16(14)17(23)19-20-18(24)22-12-8-15(9-13-22)21-10-4-5-11-21/h2-7,10-11,15H,8-9,12-13H2,1H3,(H,19,23)(H,20,24). The topological polar surface area (TPSA) is 66.4 Å². The molecule has 2 N–H and O–H groups in total. The first kappa shape index (κ1) is 16.1. The molecule has 2 aromatic rings. The number of carbonyl (C=O) groups excluding carboxylic acids is 2. The van der Waals surface area contributed by atoms with E-state index in [2.05, 4.69) is 27.8 Å². The Kier molecular flexibility index (Phi) is 4.84. The third-order valence-electron chi connectivity index (χ3n) is 4.47. The molecule has 0 spiro atoms. The number of urea groups is 1. The normalized spacial score (nSPS) is 15.1. The Hall–Kier alpha value is -2.76. The summed E-state index contributed by atoms with van der Waals surface area (Å²) >= 11 is 0. The molecule has 2 heterocycles. The van der Waals surface area contributed by atoms with E-state index in [4.69, 9.17) is 0 Å². The number of amides is 3. The lowest BCUT2D eigenvalue weighted by molar-refractivity contribution is 0.0925. The Labute approximate surface area is 141 Å². The van der Waals surface area contributed by atoms with Gasteiger partial charge in [-0.15, -0.1) is 0 Å². The van der Waals surface area contributed by atoms with Gasteiger partial charge in [-0.25, -0.2) is 10.2 Å². The molecular formula is C18H22N4O2. The summed E-state index contributed by atoms with van der Waals surface area (Å²) in [6.45, 7) is 3.21. The van der Waals surface area contributed by atoms with E-state index in [0.29, 0.717) is 24.7 Å². The molecule has 1 saturated heterocycles. The van der Waals surface area contributed by atoms with E-state index in [1.54, 1.807) is 17.0 Å². The van der Waals surface area contributed by atoms with E-state index >= 15 is 0 Å². The predicted molar refractivity (Wildman–Crippen MR) is 91.5 cm³/mol. The smallest absolute Gasteiger partial charge is 0.336 e. The van der Waals surface area contributed by atoms with Crippen molar-refractivity contribution in [3.63, 3.8) is 0 Å². The summed E-state index contributed by atoms with van der Waals surface area (Å²) in [4.78, 5) is 26.1. The highest BCUT2D eigenvalue weighted by atomic mass is 16.2. The molecule has 24 heavy (non-hydrogen) atoms. The SMILES string of the molecule is Cc1ccccc1C(=O)NNC(=O)N1CCC(n2cccc2)CC1. The number of nitrogens with zero attached hydrogens (tertiary/aromatic N) is 2. The molecule has 0 unspecified atom stereocenters. The lowest BCUT2D eigenvalue weighted by Crippen LogP contribution is -2.51. The molecule has 0 radical (unpaired) electrons. The molecule has 126 valence electrons.